The zero-order valence-electron chi connectivity index (χ0n) is 15.5. The van der Waals surface area contributed by atoms with Gasteiger partial charge >= 0.3 is 0 Å². The predicted octanol–water partition coefficient (Wildman–Crippen LogP) is 5.76. The highest BCUT2D eigenvalue weighted by Crippen LogP contribution is 2.33. The normalized spacial score (nSPS) is 22.1. The van der Waals surface area contributed by atoms with E-state index in [1.165, 1.54) is 24.0 Å². The average molecular weight is 356 g/mol. The third kappa shape index (κ3) is 4.59. The second-order valence-corrected chi connectivity index (χ2v) is 8.52. The molecule has 1 aliphatic rings. The average Bonchev–Trinajstić information content (AvgIpc) is 3.13. The Bertz CT molecular complexity index is 683. The fourth-order valence-electron chi connectivity index (χ4n) is 3.74. The van der Waals surface area contributed by atoms with E-state index in [-0.39, 0.29) is 11.8 Å². The first-order valence-electron chi connectivity index (χ1n) is 9.48. The van der Waals surface area contributed by atoms with Gasteiger partial charge in [0.2, 0.25) is 0 Å². The Balaban J connectivity index is 1.52. The van der Waals surface area contributed by atoms with E-state index >= 15 is 0 Å². The van der Waals surface area contributed by atoms with Gasteiger partial charge in [-0.2, -0.15) is 0 Å². The summed E-state index contributed by atoms with van der Waals surface area (Å²) in [4.78, 5) is 13.6. The molecule has 2 aromatic rings. The van der Waals surface area contributed by atoms with Crippen molar-refractivity contribution in [2.24, 2.45) is 0 Å². The molecule has 0 bridgehead atoms. The Morgan fingerprint density at radius 3 is 2.36 bits per heavy atom. The van der Waals surface area contributed by atoms with Crippen molar-refractivity contribution < 1.29 is 4.79 Å². The first-order chi connectivity index (χ1) is 12.0. The summed E-state index contributed by atoms with van der Waals surface area (Å²) in [6.45, 7) is 6.35. The molecular weight excluding hydrogens is 326 g/mol. The van der Waals surface area contributed by atoms with Crippen molar-refractivity contribution in [1.82, 2.24) is 5.32 Å². The van der Waals surface area contributed by atoms with Crippen molar-refractivity contribution >= 4 is 17.1 Å². The molecule has 1 aromatic heterocycles. The molecule has 0 spiro atoms. The van der Waals surface area contributed by atoms with Gasteiger partial charge in [0.1, 0.15) is 0 Å². The molecule has 1 saturated carbocycles. The van der Waals surface area contributed by atoms with Gasteiger partial charge in [-0.15, -0.1) is 11.3 Å². The molecule has 1 unspecified atom stereocenters. The number of benzene rings is 1. The lowest BCUT2D eigenvalue weighted by molar-refractivity contribution is 0.0943. The predicted molar refractivity (Wildman–Crippen MR) is 107 cm³/mol. The second kappa shape index (κ2) is 8.29. The lowest BCUT2D eigenvalue weighted by Gasteiger charge is -2.31. The quantitative estimate of drug-likeness (QED) is 0.668. The van der Waals surface area contributed by atoms with Gasteiger partial charge in [-0.25, -0.2) is 0 Å². The third-order valence-corrected chi connectivity index (χ3v) is 6.37. The lowest BCUT2D eigenvalue weighted by Crippen LogP contribution is -2.42. The van der Waals surface area contributed by atoms with Gasteiger partial charge in [0.15, 0.2) is 5.78 Å². The largest absolute Gasteiger partial charge is 0.305 e. The molecule has 1 fully saturated rings. The monoisotopic (exact) mass is 355 g/mol. The summed E-state index contributed by atoms with van der Waals surface area (Å²) in [5, 5.41) is 5.71. The van der Waals surface area contributed by atoms with Crippen LogP contribution in [0.15, 0.2) is 41.8 Å². The van der Waals surface area contributed by atoms with Crippen LogP contribution in [0.4, 0.5) is 0 Å². The SMILES string of the molecule is CC(N[C@H]1CC[C@H](c2ccccc2)CC1)C(=O)c1cc(C(C)C)cs1. The Labute approximate surface area is 155 Å². The van der Waals surface area contributed by atoms with E-state index < -0.39 is 0 Å². The van der Waals surface area contributed by atoms with Crippen LogP contribution in [0.25, 0.3) is 0 Å². The third-order valence-electron chi connectivity index (χ3n) is 5.41. The topological polar surface area (TPSA) is 29.1 Å². The van der Waals surface area contributed by atoms with E-state index in [0.29, 0.717) is 17.9 Å². The maximum Gasteiger partial charge on any atom is 0.189 e. The van der Waals surface area contributed by atoms with Gasteiger partial charge in [0.05, 0.1) is 10.9 Å². The molecule has 0 radical (unpaired) electrons. The van der Waals surface area contributed by atoms with Crippen LogP contribution in [-0.4, -0.2) is 17.9 Å². The molecule has 2 nitrogen and oxygen atoms in total. The lowest BCUT2D eigenvalue weighted by atomic mass is 9.81. The number of carbonyl (C=O) groups is 1. The van der Waals surface area contributed by atoms with Gasteiger partial charge in [0, 0.05) is 6.04 Å². The number of Topliss-reactive ketones (excluding diaryl/α,β-unsaturated/α-hetero) is 1. The fraction of sp³-hybridized carbons (Fsp3) is 0.500. The van der Waals surface area contributed by atoms with Crippen molar-refractivity contribution in [3.63, 3.8) is 0 Å². The number of hydrogen-bond acceptors (Lipinski definition) is 3. The zero-order chi connectivity index (χ0) is 17.8. The summed E-state index contributed by atoms with van der Waals surface area (Å²) in [5.41, 5.74) is 2.73. The van der Waals surface area contributed by atoms with Crippen LogP contribution in [0.3, 0.4) is 0 Å². The van der Waals surface area contributed by atoms with Gasteiger partial charge in [-0.05, 0) is 67.0 Å². The highest BCUT2D eigenvalue weighted by atomic mass is 32.1. The first kappa shape index (κ1) is 18.3. The molecule has 1 atom stereocenters. The second-order valence-electron chi connectivity index (χ2n) is 7.61. The number of nitrogens with one attached hydrogen (secondary N) is 1. The van der Waals surface area contributed by atoms with Crippen molar-refractivity contribution in [3.05, 3.63) is 57.8 Å². The van der Waals surface area contributed by atoms with Gasteiger partial charge < -0.3 is 5.32 Å². The van der Waals surface area contributed by atoms with Gasteiger partial charge in [-0.3, -0.25) is 4.79 Å². The maximum absolute atomic E-state index is 12.7. The van der Waals surface area contributed by atoms with E-state index in [1.807, 2.05) is 6.92 Å². The molecule has 25 heavy (non-hydrogen) atoms. The summed E-state index contributed by atoms with van der Waals surface area (Å²) >= 11 is 1.58. The number of hydrogen-bond donors (Lipinski definition) is 1. The van der Waals surface area contributed by atoms with E-state index in [0.717, 1.165) is 17.7 Å². The Kier molecular flexibility index (Phi) is 6.08. The Hall–Kier alpha value is -1.45. The fourth-order valence-corrected chi connectivity index (χ4v) is 4.84. The molecule has 0 amide bonds. The zero-order valence-corrected chi connectivity index (χ0v) is 16.3. The van der Waals surface area contributed by atoms with Crippen molar-refractivity contribution in [2.45, 2.75) is 70.4 Å². The van der Waals surface area contributed by atoms with Crippen LogP contribution in [0.1, 0.15) is 79.1 Å². The standard InChI is InChI=1S/C22H29NOS/c1-15(2)19-13-21(25-14-19)22(24)16(3)23-20-11-9-18(10-12-20)17-7-5-4-6-8-17/h4-8,13-16,18,20,23H,9-12H2,1-3H3/t16?,18-,20-. The molecule has 1 heterocycles. The smallest absolute Gasteiger partial charge is 0.189 e. The van der Waals surface area contributed by atoms with Crippen molar-refractivity contribution in [2.75, 3.05) is 0 Å². The Morgan fingerprint density at radius 2 is 1.76 bits per heavy atom. The number of carbonyl (C=O) groups excluding carboxylic acids is 1. The van der Waals surface area contributed by atoms with Crippen LogP contribution in [-0.2, 0) is 0 Å². The summed E-state index contributed by atoms with van der Waals surface area (Å²) in [7, 11) is 0. The minimum absolute atomic E-state index is 0.100. The highest BCUT2D eigenvalue weighted by Gasteiger charge is 2.26. The van der Waals surface area contributed by atoms with Crippen molar-refractivity contribution in [1.29, 1.82) is 0 Å². The van der Waals surface area contributed by atoms with Crippen LogP contribution < -0.4 is 5.32 Å². The molecular formula is C22H29NOS. The number of ketones is 1. The van der Waals surface area contributed by atoms with Crippen LogP contribution in [0, 0.1) is 0 Å². The maximum atomic E-state index is 12.7. The molecule has 134 valence electrons. The molecule has 3 heteroatoms. The van der Waals surface area contributed by atoms with E-state index in [1.54, 1.807) is 11.3 Å². The van der Waals surface area contributed by atoms with Gasteiger partial charge in [-0.1, -0.05) is 44.2 Å². The molecule has 1 aliphatic carbocycles. The molecule has 0 saturated heterocycles. The number of rotatable bonds is 6. The van der Waals surface area contributed by atoms with E-state index in [4.69, 9.17) is 0 Å². The summed E-state index contributed by atoms with van der Waals surface area (Å²) in [6, 6.07) is 13.3. The molecule has 0 aliphatic heterocycles. The van der Waals surface area contributed by atoms with E-state index in [2.05, 4.69) is 60.9 Å². The first-order valence-corrected chi connectivity index (χ1v) is 10.4. The summed E-state index contributed by atoms with van der Waals surface area (Å²) < 4.78 is 0. The number of thiophene rings is 1. The van der Waals surface area contributed by atoms with Crippen LogP contribution in [0.5, 0.6) is 0 Å². The molecule has 3 rings (SSSR count). The minimum atomic E-state index is -0.100. The van der Waals surface area contributed by atoms with Crippen LogP contribution in [0.2, 0.25) is 0 Å². The molecule has 1 N–H and O–H groups in total. The van der Waals surface area contributed by atoms with Crippen molar-refractivity contribution in [3.8, 4) is 0 Å². The van der Waals surface area contributed by atoms with Gasteiger partial charge in [0.25, 0.3) is 0 Å². The van der Waals surface area contributed by atoms with E-state index in [9.17, 15) is 4.79 Å². The summed E-state index contributed by atoms with van der Waals surface area (Å²) in [5.74, 6) is 1.40. The Morgan fingerprint density at radius 1 is 1.08 bits per heavy atom. The van der Waals surface area contributed by atoms with Crippen LogP contribution >= 0.6 is 11.3 Å². The summed E-state index contributed by atoms with van der Waals surface area (Å²) in [6.07, 6.45) is 4.72. The molecule has 1 aromatic carbocycles. The minimum Gasteiger partial charge on any atom is -0.305 e. The highest BCUT2D eigenvalue weighted by molar-refractivity contribution is 7.12.